The summed E-state index contributed by atoms with van der Waals surface area (Å²) in [6.45, 7) is 16.2. The van der Waals surface area contributed by atoms with Gasteiger partial charge in [0.05, 0.1) is 23.2 Å². The van der Waals surface area contributed by atoms with Crippen molar-refractivity contribution in [2.24, 2.45) is 27.8 Å². The third kappa shape index (κ3) is 20.5. The van der Waals surface area contributed by atoms with Gasteiger partial charge in [0.25, 0.3) is 5.91 Å². The number of urea groups is 1. The number of alkyl carbamates (subject to hydrolysis) is 1. The van der Waals surface area contributed by atoms with Gasteiger partial charge < -0.3 is 67.2 Å². The van der Waals surface area contributed by atoms with Gasteiger partial charge in [-0.25, -0.2) is 23.4 Å². The Morgan fingerprint density at radius 3 is 2.17 bits per heavy atom. The number of anilines is 2. The highest BCUT2D eigenvalue weighted by Crippen LogP contribution is 2.45. The molecule has 482 valence electrons. The van der Waals surface area contributed by atoms with Crippen molar-refractivity contribution in [3.63, 3.8) is 0 Å². The van der Waals surface area contributed by atoms with Crippen molar-refractivity contribution in [1.29, 1.82) is 0 Å². The van der Waals surface area contributed by atoms with Crippen molar-refractivity contribution in [1.82, 2.24) is 31.2 Å². The number of aromatic nitrogens is 1. The van der Waals surface area contributed by atoms with E-state index in [4.69, 9.17) is 30.4 Å². The maximum absolute atomic E-state index is 14.3. The van der Waals surface area contributed by atoms with Crippen molar-refractivity contribution in [3.05, 3.63) is 118 Å². The van der Waals surface area contributed by atoms with E-state index in [2.05, 4.69) is 41.9 Å². The number of benzene rings is 3. The number of pyridine rings is 1. The summed E-state index contributed by atoms with van der Waals surface area (Å²) in [6, 6.07) is 10.2. The number of carbonyl (C=O) groups excluding carboxylic acids is 7. The number of rotatable bonds is 32. The molecular formula is C63H81F4N11O11. The summed E-state index contributed by atoms with van der Waals surface area (Å²) >= 11 is 0. The number of amidine groups is 1. The second kappa shape index (κ2) is 32.0. The van der Waals surface area contributed by atoms with Gasteiger partial charge in [-0.3, -0.25) is 29.0 Å². The number of nitrogens with zero attached hydrogens (tertiary/aromatic N) is 3. The minimum Gasteiger partial charge on any atom is -0.456 e. The van der Waals surface area contributed by atoms with E-state index >= 15 is 0 Å². The molecule has 3 heterocycles. The number of ether oxygens (including phenoxy) is 4. The number of primary amides is 1. The van der Waals surface area contributed by atoms with Crippen molar-refractivity contribution >= 4 is 70.6 Å². The molecule has 10 N–H and O–H groups in total. The van der Waals surface area contributed by atoms with Crippen LogP contribution >= 0.6 is 0 Å². The van der Waals surface area contributed by atoms with Crippen molar-refractivity contribution in [3.8, 4) is 5.75 Å². The lowest BCUT2D eigenvalue weighted by molar-refractivity contribution is -0.132. The Hall–Kier alpha value is -8.65. The van der Waals surface area contributed by atoms with Crippen LogP contribution in [0, 0.1) is 34.6 Å². The summed E-state index contributed by atoms with van der Waals surface area (Å²) in [5, 5.41) is 16.2. The predicted molar refractivity (Wildman–Crippen MR) is 325 cm³/mol. The summed E-state index contributed by atoms with van der Waals surface area (Å²) in [5.74, 6) is -10.1. The Morgan fingerprint density at radius 1 is 0.820 bits per heavy atom. The number of carbonyl (C=O) groups is 7. The molecule has 4 aromatic rings. The van der Waals surface area contributed by atoms with Crippen LogP contribution in [0.2, 0.25) is 0 Å². The molecule has 1 aromatic heterocycles. The number of fused-ring (bicyclic) bond motifs is 1. The zero-order valence-electron chi connectivity index (χ0n) is 51.4. The van der Waals surface area contributed by atoms with E-state index < -0.39 is 106 Å². The number of aliphatic imine (C=N–C) groups is 1. The van der Waals surface area contributed by atoms with Crippen LogP contribution in [0.5, 0.6) is 5.75 Å². The Balaban J connectivity index is 0.952. The number of epoxide rings is 1. The van der Waals surface area contributed by atoms with Crippen LogP contribution in [0.3, 0.4) is 0 Å². The van der Waals surface area contributed by atoms with E-state index in [0.29, 0.717) is 70.8 Å². The monoisotopic (exact) mass is 1240 g/mol. The van der Waals surface area contributed by atoms with Crippen LogP contribution < -0.4 is 48.1 Å². The fourth-order valence-electron chi connectivity index (χ4n) is 9.72. The largest absolute Gasteiger partial charge is 0.456 e. The van der Waals surface area contributed by atoms with E-state index in [0.717, 1.165) is 12.8 Å². The third-order valence-electron chi connectivity index (χ3n) is 15.1. The van der Waals surface area contributed by atoms with Gasteiger partial charge in [0.1, 0.15) is 30.6 Å². The van der Waals surface area contributed by atoms with Gasteiger partial charge in [0, 0.05) is 85.7 Å². The van der Waals surface area contributed by atoms with E-state index in [1.807, 2.05) is 32.6 Å². The number of halogens is 4. The molecule has 3 aromatic carbocycles. The molecular weight excluding hydrogens is 1160 g/mol. The second-order valence-electron chi connectivity index (χ2n) is 23.2. The molecule has 22 nitrogen and oxygen atoms in total. The number of nitrogens with two attached hydrogens (primary N) is 2. The van der Waals surface area contributed by atoms with Crippen molar-refractivity contribution in [2.75, 3.05) is 36.9 Å². The highest BCUT2D eigenvalue weighted by atomic mass is 19.2. The molecule has 2 aliphatic heterocycles. The molecule has 2 aliphatic rings. The third-order valence-corrected chi connectivity index (χ3v) is 15.1. The fraction of sp³-hybridized carbons (Fsp3) is 0.476. The second-order valence-corrected chi connectivity index (χ2v) is 23.2. The van der Waals surface area contributed by atoms with E-state index in [1.165, 1.54) is 12.4 Å². The highest BCUT2D eigenvalue weighted by molar-refractivity contribution is 6.08. The van der Waals surface area contributed by atoms with E-state index in [1.54, 1.807) is 82.3 Å². The molecule has 0 spiro atoms. The van der Waals surface area contributed by atoms with E-state index in [-0.39, 0.29) is 76.2 Å². The molecule has 89 heavy (non-hydrogen) atoms. The Bertz CT molecular complexity index is 3230. The Morgan fingerprint density at radius 2 is 1.52 bits per heavy atom. The number of hydrogen-bond donors (Lipinski definition) is 8. The standard InChI is InChI=1S/C63H81F4N11O11/c1-9-24-78(25-10-2)58(83)41-28-39-16-17-40(29-47(39)75-48(68)30-41)55(80)74-43-27-38(32-70-34-43)33-72-61(85)86-35-37-14-18-42(19-15-37)73-56(81)46(13-12-23-71-60(69)84)76-57(82)52(36(4)5)77-49(79)20-21-62(6,7)87-26-22-63(8,11-3)54-59(89-54)88-53-50(66)44(64)31-45(65)51(53)67/h14-19,27-29,31-32,34,36,46,52,54,59H,9-13,20-26,30,33,35H2,1-8H3,(H2,68,75)(H,72,85)(H,73,81)(H,74,80)(H,76,82)(H,77,79)(H3,69,71,84)/t46-,52-,54?,59?,63?/m0/s1. The van der Waals surface area contributed by atoms with Gasteiger partial charge in [0.15, 0.2) is 17.4 Å². The lowest BCUT2D eigenvalue weighted by Gasteiger charge is -2.30. The van der Waals surface area contributed by atoms with Gasteiger partial charge in [-0.05, 0) is 112 Å². The smallest absolute Gasteiger partial charge is 0.407 e. The van der Waals surface area contributed by atoms with Gasteiger partial charge >= 0.3 is 12.1 Å². The topological polar surface area (TPSA) is 312 Å². The minimum absolute atomic E-state index is 0.00891. The normalized spacial score (nSPS) is 15.7. The summed E-state index contributed by atoms with van der Waals surface area (Å²) < 4.78 is 78.4. The molecule has 1 saturated heterocycles. The SMILES string of the molecule is CCCN(CCC)C(=O)C1=Cc2ccc(C(=O)Nc3cncc(CNC(=O)OCc4ccc(NC(=O)[C@H](CCCNC(N)=O)NC(=O)[C@@H](NC(=O)CCC(C)(C)OCCC(C)(CC)C5OC5Oc5c(F)c(F)cc(F)c5F)C(C)C)cc4)c3)cc2N=C(N)C1. The van der Waals surface area contributed by atoms with Gasteiger partial charge in [-0.15, -0.1) is 0 Å². The predicted octanol–water partition coefficient (Wildman–Crippen LogP) is 8.94. The van der Waals surface area contributed by atoms with E-state index in [9.17, 15) is 51.1 Å². The lowest BCUT2D eigenvalue weighted by Crippen LogP contribution is -2.54. The minimum atomic E-state index is -1.67. The summed E-state index contributed by atoms with van der Waals surface area (Å²) in [4.78, 5) is 103. The average Bonchev–Trinajstić information content (AvgIpc) is 1.74. The molecule has 8 amide bonds. The summed E-state index contributed by atoms with van der Waals surface area (Å²) in [5.41, 5.74) is 13.8. The lowest BCUT2D eigenvalue weighted by atomic mass is 9.80. The molecule has 0 radical (unpaired) electrons. The first-order valence-corrected chi connectivity index (χ1v) is 29.7. The molecule has 0 aliphatic carbocycles. The van der Waals surface area contributed by atoms with Crippen LogP contribution in [0.25, 0.3) is 6.08 Å². The van der Waals surface area contributed by atoms with Crippen LogP contribution in [0.15, 0.2) is 77.6 Å². The first-order chi connectivity index (χ1) is 42.2. The molecule has 3 unspecified atom stereocenters. The zero-order chi connectivity index (χ0) is 65.2. The van der Waals surface area contributed by atoms with Crippen molar-refractivity contribution < 1.29 is 70.1 Å². The average molecular weight is 1240 g/mol. The van der Waals surface area contributed by atoms with Crippen LogP contribution in [0.1, 0.15) is 140 Å². The number of amides is 8. The fourth-order valence-corrected chi connectivity index (χ4v) is 9.72. The van der Waals surface area contributed by atoms with Crippen LogP contribution in [-0.4, -0.2) is 114 Å². The first-order valence-electron chi connectivity index (χ1n) is 29.7. The summed E-state index contributed by atoms with van der Waals surface area (Å²) in [7, 11) is 0. The maximum atomic E-state index is 14.3. The molecule has 5 atom stereocenters. The number of hydrogen-bond acceptors (Lipinski definition) is 14. The molecule has 0 bridgehead atoms. The number of nitrogens with one attached hydrogen (secondary N) is 6. The Labute approximate surface area is 515 Å². The van der Waals surface area contributed by atoms with Gasteiger partial charge in [-0.2, -0.15) is 8.78 Å². The van der Waals surface area contributed by atoms with Crippen LogP contribution in [0.4, 0.5) is 44.2 Å². The molecule has 1 fully saturated rings. The molecule has 26 heteroatoms. The highest BCUT2D eigenvalue weighted by Gasteiger charge is 2.54. The van der Waals surface area contributed by atoms with Crippen molar-refractivity contribution in [2.45, 2.75) is 156 Å². The zero-order valence-corrected chi connectivity index (χ0v) is 51.4. The maximum Gasteiger partial charge on any atom is 0.407 e. The van der Waals surface area contributed by atoms with Gasteiger partial charge in [-0.1, -0.05) is 59.7 Å². The van der Waals surface area contributed by atoms with Crippen LogP contribution in [-0.2, 0) is 46.5 Å². The summed E-state index contributed by atoms with van der Waals surface area (Å²) in [6.07, 6.45) is 5.41. The Kier molecular flexibility index (Phi) is 25.0. The molecule has 0 saturated carbocycles. The quantitative estimate of drug-likeness (QED) is 0.00981. The molecule has 6 rings (SSSR count). The van der Waals surface area contributed by atoms with Gasteiger partial charge in [0.2, 0.25) is 41.6 Å². The first kappa shape index (κ1) is 69.5.